The van der Waals surface area contributed by atoms with E-state index in [0.717, 1.165) is 23.2 Å². The molecule has 4 nitrogen and oxygen atoms in total. The van der Waals surface area contributed by atoms with Crippen molar-refractivity contribution in [2.24, 2.45) is 0 Å². The zero-order chi connectivity index (χ0) is 15.9. The lowest BCUT2D eigenvalue weighted by Crippen LogP contribution is -2.02. The highest BCUT2D eigenvalue weighted by Crippen LogP contribution is 2.38. The minimum absolute atomic E-state index is 0.117. The number of phenols is 1. The van der Waals surface area contributed by atoms with Gasteiger partial charge < -0.3 is 10.2 Å². The fourth-order valence-electron chi connectivity index (χ4n) is 2.54. The summed E-state index contributed by atoms with van der Waals surface area (Å²) in [6, 6.07) is 9.21. The van der Waals surface area contributed by atoms with Gasteiger partial charge in [0.25, 0.3) is 0 Å². The zero-order valence-electron chi connectivity index (χ0n) is 11.8. The quantitative estimate of drug-likeness (QED) is 0.660. The number of nitrogens with zero attached hydrogens (tertiary/aromatic N) is 2. The number of aliphatic hydroxyl groups excluding tert-OH is 1. The molecule has 1 unspecified atom stereocenters. The standard InChI is InChI=1S/C16H14Br2N2O2/c1-2-12-14(13-5-3-4-6-20(13)19-12)15(21)9-7-10(17)16(22)11(18)8-9/h3-8,15,21-22H,2H2,1H3. The molecule has 0 saturated heterocycles. The highest BCUT2D eigenvalue weighted by molar-refractivity contribution is 9.11. The predicted molar refractivity (Wildman–Crippen MR) is 92.1 cm³/mol. The molecule has 2 aromatic heterocycles. The van der Waals surface area contributed by atoms with E-state index in [-0.39, 0.29) is 5.75 Å². The molecule has 3 rings (SSSR count). The molecular formula is C16H14Br2N2O2. The number of rotatable bonds is 3. The number of hydrogen-bond donors (Lipinski definition) is 2. The van der Waals surface area contributed by atoms with Crippen LogP contribution in [0.2, 0.25) is 0 Å². The largest absolute Gasteiger partial charge is 0.506 e. The second-order valence-electron chi connectivity index (χ2n) is 4.98. The van der Waals surface area contributed by atoms with Gasteiger partial charge >= 0.3 is 0 Å². The van der Waals surface area contributed by atoms with E-state index in [4.69, 9.17) is 0 Å². The van der Waals surface area contributed by atoms with Crippen molar-refractivity contribution in [3.05, 3.63) is 62.3 Å². The second kappa shape index (κ2) is 6.02. The van der Waals surface area contributed by atoms with Crippen molar-refractivity contribution in [2.75, 3.05) is 0 Å². The first-order valence-electron chi connectivity index (χ1n) is 6.85. The van der Waals surface area contributed by atoms with E-state index in [0.29, 0.717) is 14.5 Å². The molecule has 0 bridgehead atoms. The lowest BCUT2D eigenvalue weighted by atomic mass is 9.99. The maximum atomic E-state index is 10.9. The molecule has 0 aliphatic heterocycles. The van der Waals surface area contributed by atoms with E-state index in [2.05, 4.69) is 37.0 Å². The Morgan fingerprint density at radius 3 is 2.55 bits per heavy atom. The number of hydrogen-bond acceptors (Lipinski definition) is 3. The van der Waals surface area contributed by atoms with Gasteiger partial charge in [-0.05, 0) is 68.1 Å². The van der Waals surface area contributed by atoms with Crippen LogP contribution in [-0.4, -0.2) is 19.8 Å². The van der Waals surface area contributed by atoms with E-state index in [9.17, 15) is 10.2 Å². The topological polar surface area (TPSA) is 57.8 Å². The van der Waals surface area contributed by atoms with Gasteiger partial charge in [0.05, 0.1) is 20.2 Å². The van der Waals surface area contributed by atoms with Gasteiger partial charge in [0.15, 0.2) is 0 Å². The third kappa shape index (κ3) is 2.55. The number of pyridine rings is 1. The normalized spacial score (nSPS) is 12.7. The molecule has 0 spiro atoms. The number of aliphatic hydroxyl groups is 1. The number of aryl methyl sites for hydroxylation is 1. The molecule has 22 heavy (non-hydrogen) atoms. The fourth-order valence-corrected chi connectivity index (χ4v) is 3.76. The first-order valence-corrected chi connectivity index (χ1v) is 8.43. The van der Waals surface area contributed by atoms with Crippen molar-refractivity contribution < 1.29 is 10.2 Å². The summed E-state index contributed by atoms with van der Waals surface area (Å²) in [5.74, 6) is 0.117. The third-order valence-corrected chi connectivity index (χ3v) is 4.83. The van der Waals surface area contributed by atoms with Crippen LogP contribution < -0.4 is 0 Å². The Bertz CT molecular complexity index is 822. The van der Waals surface area contributed by atoms with Crippen LogP contribution in [0, 0.1) is 0 Å². The van der Waals surface area contributed by atoms with E-state index in [1.165, 1.54) is 0 Å². The average molecular weight is 426 g/mol. The molecule has 0 saturated carbocycles. The average Bonchev–Trinajstić information content (AvgIpc) is 2.89. The first kappa shape index (κ1) is 15.5. The molecule has 2 heterocycles. The SMILES string of the molecule is CCc1nn2ccccc2c1C(O)c1cc(Br)c(O)c(Br)c1. The molecular weight excluding hydrogens is 412 g/mol. The minimum Gasteiger partial charge on any atom is -0.506 e. The van der Waals surface area contributed by atoms with E-state index >= 15 is 0 Å². The number of fused-ring (bicyclic) bond motifs is 1. The fraction of sp³-hybridized carbons (Fsp3) is 0.188. The van der Waals surface area contributed by atoms with Crippen LogP contribution in [0.3, 0.4) is 0 Å². The molecule has 6 heteroatoms. The summed E-state index contributed by atoms with van der Waals surface area (Å²) < 4.78 is 2.85. The number of aromatic nitrogens is 2. The van der Waals surface area contributed by atoms with Crippen molar-refractivity contribution in [3.63, 3.8) is 0 Å². The number of aromatic hydroxyl groups is 1. The van der Waals surface area contributed by atoms with Crippen molar-refractivity contribution >= 4 is 37.4 Å². The van der Waals surface area contributed by atoms with E-state index < -0.39 is 6.10 Å². The summed E-state index contributed by atoms with van der Waals surface area (Å²) >= 11 is 6.60. The Morgan fingerprint density at radius 1 is 1.23 bits per heavy atom. The first-order chi connectivity index (χ1) is 10.5. The number of phenolic OH excluding ortho intramolecular Hbond substituents is 1. The van der Waals surface area contributed by atoms with Crippen molar-refractivity contribution in [2.45, 2.75) is 19.4 Å². The van der Waals surface area contributed by atoms with Crippen LogP contribution in [0.5, 0.6) is 5.75 Å². The summed E-state index contributed by atoms with van der Waals surface area (Å²) in [4.78, 5) is 0. The van der Waals surface area contributed by atoms with Gasteiger partial charge in [-0.3, -0.25) is 0 Å². The molecule has 1 aromatic carbocycles. The van der Waals surface area contributed by atoms with Crippen LogP contribution >= 0.6 is 31.9 Å². The molecule has 0 amide bonds. The predicted octanol–water partition coefficient (Wildman–Crippen LogP) is 4.21. The van der Waals surface area contributed by atoms with E-state index in [1.807, 2.05) is 31.3 Å². The molecule has 1 atom stereocenters. The summed E-state index contributed by atoms with van der Waals surface area (Å²) in [7, 11) is 0. The summed E-state index contributed by atoms with van der Waals surface area (Å²) in [5.41, 5.74) is 3.23. The van der Waals surface area contributed by atoms with Crippen molar-refractivity contribution in [1.82, 2.24) is 9.61 Å². The van der Waals surface area contributed by atoms with Crippen LogP contribution in [0.1, 0.15) is 29.8 Å². The highest BCUT2D eigenvalue weighted by atomic mass is 79.9. The highest BCUT2D eigenvalue weighted by Gasteiger charge is 2.22. The summed E-state index contributed by atoms with van der Waals surface area (Å²) in [6.45, 7) is 2.01. The molecule has 3 aromatic rings. The van der Waals surface area contributed by atoms with E-state index in [1.54, 1.807) is 16.6 Å². The minimum atomic E-state index is -0.817. The monoisotopic (exact) mass is 424 g/mol. The summed E-state index contributed by atoms with van der Waals surface area (Å²) in [6.07, 6.45) is 1.78. The maximum Gasteiger partial charge on any atom is 0.143 e. The number of benzene rings is 1. The Balaban J connectivity index is 2.18. The Morgan fingerprint density at radius 2 is 1.91 bits per heavy atom. The van der Waals surface area contributed by atoms with Crippen molar-refractivity contribution in [1.29, 1.82) is 0 Å². The zero-order valence-corrected chi connectivity index (χ0v) is 15.0. The molecule has 0 radical (unpaired) electrons. The molecule has 0 aliphatic carbocycles. The van der Waals surface area contributed by atoms with Gasteiger partial charge in [-0.2, -0.15) is 5.10 Å². The van der Waals surface area contributed by atoms with Crippen LogP contribution in [0.25, 0.3) is 5.52 Å². The summed E-state index contributed by atoms with van der Waals surface area (Å²) in [5, 5.41) is 25.2. The maximum absolute atomic E-state index is 10.9. The second-order valence-corrected chi connectivity index (χ2v) is 6.69. The molecule has 0 fully saturated rings. The van der Waals surface area contributed by atoms with Gasteiger partial charge in [0, 0.05) is 11.8 Å². The lowest BCUT2D eigenvalue weighted by Gasteiger charge is -2.14. The Labute approximate surface area is 144 Å². The molecule has 0 aliphatic rings. The molecule has 2 N–H and O–H groups in total. The Kier molecular flexibility index (Phi) is 4.25. The van der Waals surface area contributed by atoms with Gasteiger partial charge in [-0.15, -0.1) is 0 Å². The van der Waals surface area contributed by atoms with Gasteiger partial charge in [-0.25, -0.2) is 4.52 Å². The number of halogens is 2. The van der Waals surface area contributed by atoms with Crippen LogP contribution in [0.4, 0.5) is 0 Å². The van der Waals surface area contributed by atoms with Gasteiger partial charge in [-0.1, -0.05) is 13.0 Å². The lowest BCUT2D eigenvalue weighted by molar-refractivity contribution is 0.220. The van der Waals surface area contributed by atoms with Crippen molar-refractivity contribution in [3.8, 4) is 5.75 Å². The van der Waals surface area contributed by atoms with Gasteiger partial charge in [0.2, 0.25) is 0 Å². The third-order valence-electron chi connectivity index (χ3n) is 3.62. The molecule has 114 valence electrons. The van der Waals surface area contributed by atoms with Gasteiger partial charge in [0.1, 0.15) is 11.9 Å². The van der Waals surface area contributed by atoms with Crippen LogP contribution in [0.15, 0.2) is 45.5 Å². The smallest absolute Gasteiger partial charge is 0.143 e. The van der Waals surface area contributed by atoms with Crippen LogP contribution in [-0.2, 0) is 6.42 Å². The Hall–Kier alpha value is -1.37.